The molecule has 0 bridgehead atoms. The van der Waals surface area contributed by atoms with Crippen molar-refractivity contribution in [2.24, 2.45) is 0 Å². The van der Waals surface area contributed by atoms with Gasteiger partial charge in [0, 0.05) is 12.8 Å². The third-order valence-electron chi connectivity index (χ3n) is 1.63. The van der Waals surface area contributed by atoms with Crippen LogP contribution in [0.1, 0.15) is 32.4 Å². The summed E-state index contributed by atoms with van der Waals surface area (Å²) in [7, 11) is 0. The number of nitrogens with one attached hydrogen (secondary N) is 1. The number of nitro groups is 1. The molecule has 7 heteroatoms. The first-order chi connectivity index (χ1) is 6.91. The standard InChI is InChI=1S/C8H11N3O3S/c1-4(2)6-7(11(13)14)15-8(10-6)9-5(3)12/h4H,1-3H3,(H,9,10,12). The van der Waals surface area contributed by atoms with E-state index in [2.05, 4.69) is 10.3 Å². The van der Waals surface area contributed by atoms with Gasteiger partial charge >= 0.3 is 5.00 Å². The number of hydrogen-bond acceptors (Lipinski definition) is 5. The van der Waals surface area contributed by atoms with Gasteiger partial charge in [-0.15, -0.1) is 0 Å². The highest BCUT2D eigenvalue weighted by Crippen LogP contribution is 2.34. The average Bonchev–Trinajstić information content (AvgIpc) is 2.46. The number of carbonyl (C=O) groups excluding carboxylic acids is 1. The predicted octanol–water partition coefficient (Wildman–Crippen LogP) is 2.13. The maximum atomic E-state index is 10.8. The molecule has 1 aromatic heterocycles. The molecule has 0 aliphatic carbocycles. The molecule has 0 radical (unpaired) electrons. The van der Waals surface area contributed by atoms with Gasteiger partial charge in [0.1, 0.15) is 5.69 Å². The lowest BCUT2D eigenvalue weighted by molar-refractivity contribution is -0.381. The minimum Gasteiger partial charge on any atom is -0.302 e. The second kappa shape index (κ2) is 4.35. The van der Waals surface area contributed by atoms with E-state index in [0.29, 0.717) is 5.69 Å². The Labute approximate surface area is 90.5 Å². The van der Waals surface area contributed by atoms with Crippen molar-refractivity contribution in [2.75, 3.05) is 5.32 Å². The normalized spacial score (nSPS) is 10.4. The first-order valence-electron chi connectivity index (χ1n) is 4.34. The molecule has 0 aliphatic heterocycles. The van der Waals surface area contributed by atoms with E-state index < -0.39 is 4.92 Å². The Morgan fingerprint density at radius 1 is 1.60 bits per heavy atom. The molecular formula is C8H11N3O3S. The van der Waals surface area contributed by atoms with Crippen LogP contribution in [0.2, 0.25) is 0 Å². The number of rotatable bonds is 3. The lowest BCUT2D eigenvalue weighted by Crippen LogP contribution is -2.05. The topological polar surface area (TPSA) is 85.1 Å². The molecule has 0 saturated carbocycles. The summed E-state index contributed by atoms with van der Waals surface area (Å²) >= 11 is 0.882. The van der Waals surface area contributed by atoms with Gasteiger partial charge in [0.25, 0.3) is 0 Å². The Hall–Kier alpha value is -1.50. The smallest absolute Gasteiger partial charge is 0.302 e. The molecule has 1 amide bonds. The fraction of sp³-hybridized carbons (Fsp3) is 0.500. The number of thiazole rings is 1. The van der Waals surface area contributed by atoms with E-state index >= 15 is 0 Å². The van der Waals surface area contributed by atoms with Crippen LogP contribution in [0.15, 0.2) is 0 Å². The minimum atomic E-state index is -0.474. The molecule has 0 fully saturated rings. The van der Waals surface area contributed by atoms with Crippen LogP contribution in [0, 0.1) is 10.1 Å². The number of amides is 1. The van der Waals surface area contributed by atoms with Crippen molar-refractivity contribution in [3.8, 4) is 0 Å². The zero-order valence-electron chi connectivity index (χ0n) is 8.60. The zero-order chi connectivity index (χ0) is 11.6. The van der Waals surface area contributed by atoms with E-state index in [1.54, 1.807) is 0 Å². The molecule has 0 aromatic carbocycles. The second-order valence-electron chi connectivity index (χ2n) is 3.30. The highest BCUT2D eigenvalue weighted by atomic mass is 32.1. The number of anilines is 1. The first kappa shape index (κ1) is 11.6. The van der Waals surface area contributed by atoms with Crippen molar-refractivity contribution in [2.45, 2.75) is 26.7 Å². The number of nitrogens with zero attached hydrogens (tertiary/aromatic N) is 2. The van der Waals surface area contributed by atoms with Crippen molar-refractivity contribution < 1.29 is 9.72 Å². The molecule has 6 nitrogen and oxygen atoms in total. The lowest BCUT2D eigenvalue weighted by atomic mass is 10.1. The van der Waals surface area contributed by atoms with E-state index in [9.17, 15) is 14.9 Å². The molecule has 0 saturated heterocycles. The Balaban J connectivity index is 3.09. The highest BCUT2D eigenvalue weighted by Gasteiger charge is 2.23. The minimum absolute atomic E-state index is 0.00579. The van der Waals surface area contributed by atoms with E-state index in [1.165, 1.54) is 6.92 Å². The fourth-order valence-electron chi connectivity index (χ4n) is 1.03. The summed E-state index contributed by atoms with van der Waals surface area (Å²) in [5, 5.41) is 13.4. The second-order valence-corrected chi connectivity index (χ2v) is 4.28. The summed E-state index contributed by atoms with van der Waals surface area (Å²) in [4.78, 5) is 25.0. The summed E-state index contributed by atoms with van der Waals surface area (Å²) < 4.78 is 0. The highest BCUT2D eigenvalue weighted by molar-refractivity contribution is 7.19. The molecule has 0 aliphatic rings. The summed E-state index contributed by atoms with van der Waals surface area (Å²) in [5.74, 6) is -0.321. The third-order valence-corrected chi connectivity index (χ3v) is 2.57. The molecule has 0 atom stereocenters. The van der Waals surface area contributed by atoms with Crippen LogP contribution in [0.25, 0.3) is 0 Å². The van der Waals surface area contributed by atoms with Gasteiger partial charge in [0.2, 0.25) is 5.91 Å². The molecular weight excluding hydrogens is 218 g/mol. The van der Waals surface area contributed by atoms with Crippen molar-refractivity contribution in [1.29, 1.82) is 0 Å². The van der Waals surface area contributed by atoms with Crippen molar-refractivity contribution in [3.05, 3.63) is 15.8 Å². The van der Waals surface area contributed by atoms with Crippen LogP contribution in [-0.2, 0) is 4.79 Å². The van der Waals surface area contributed by atoms with Crippen LogP contribution in [0.3, 0.4) is 0 Å². The van der Waals surface area contributed by atoms with Gasteiger partial charge in [0.05, 0.1) is 4.92 Å². The quantitative estimate of drug-likeness (QED) is 0.635. The monoisotopic (exact) mass is 229 g/mol. The molecule has 1 heterocycles. The molecule has 0 spiro atoms. The third kappa shape index (κ3) is 2.72. The summed E-state index contributed by atoms with van der Waals surface area (Å²) in [6, 6.07) is 0. The Kier molecular flexibility index (Phi) is 3.35. The predicted molar refractivity (Wildman–Crippen MR) is 57.2 cm³/mol. The zero-order valence-corrected chi connectivity index (χ0v) is 9.42. The van der Waals surface area contributed by atoms with E-state index in [0.717, 1.165) is 11.3 Å². The maximum Gasteiger partial charge on any atom is 0.349 e. The van der Waals surface area contributed by atoms with Crippen LogP contribution in [0.4, 0.5) is 10.1 Å². The van der Waals surface area contributed by atoms with Crippen LogP contribution < -0.4 is 5.32 Å². The van der Waals surface area contributed by atoms with Gasteiger partial charge in [0.15, 0.2) is 5.13 Å². The van der Waals surface area contributed by atoms with Gasteiger partial charge in [-0.25, -0.2) is 4.98 Å². The Bertz CT molecular complexity index is 400. The van der Waals surface area contributed by atoms with Gasteiger partial charge in [-0.05, 0) is 11.3 Å². The number of carbonyl (C=O) groups is 1. The van der Waals surface area contributed by atoms with Crippen molar-refractivity contribution in [1.82, 2.24) is 4.98 Å². The summed E-state index contributed by atoms with van der Waals surface area (Å²) in [6.45, 7) is 4.97. The fourth-order valence-corrected chi connectivity index (χ4v) is 2.02. The van der Waals surface area contributed by atoms with Gasteiger partial charge in [-0.1, -0.05) is 13.8 Å². The van der Waals surface area contributed by atoms with E-state index in [-0.39, 0.29) is 22.0 Å². The van der Waals surface area contributed by atoms with Crippen molar-refractivity contribution in [3.63, 3.8) is 0 Å². The average molecular weight is 229 g/mol. The van der Waals surface area contributed by atoms with Crippen LogP contribution in [-0.4, -0.2) is 15.8 Å². The van der Waals surface area contributed by atoms with Crippen molar-refractivity contribution >= 4 is 27.4 Å². The molecule has 15 heavy (non-hydrogen) atoms. The molecule has 1 aromatic rings. The number of aromatic nitrogens is 1. The first-order valence-corrected chi connectivity index (χ1v) is 5.16. The van der Waals surface area contributed by atoms with Gasteiger partial charge in [-0.3, -0.25) is 14.9 Å². The lowest BCUT2D eigenvalue weighted by Gasteiger charge is -1.97. The molecule has 1 rings (SSSR count). The summed E-state index contributed by atoms with van der Waals surface area (Å²) in [5.41, 5.74) is 0.411. The largest absolute Gasteiger partial charge is 0.349 e. The molecule has 82 valence electrons. The SMILES string of the molecule is CC(=O)Nc1nc(C(C)C)c([N+](=O)[O-])s1. The molecule has 0 unspecified atom stereocenters. The maximum absolute atomic E-state index is 10.8. The van der Waals surface area contributed by atoms with Crippen LogP contribution >= 0.6 is 11.3 Å². The summed E-state index contributed by atoms with van der Waals surface area (Å²) in [6.07, 6.45) is 0. The van der Waals surface area contributed by atoms with Crippen LogP contribution in [0.5, 0.6) is 0 Å². The Morgan fingerprint density at radius 3 is 2.53 bits per heavy atom. The van der Waals surface area contributed by atoms with E-state index in [4.69, 9.17) is 0 Å². The van der Waals surface area contributed by atoms with E-state index in [1.807, 2.05) is 13.8 Å². The van der Waals surface area contributed by atoms with Gasteiger partial charge < -0.3 is 5.32 Å². The van der Waals surface area contributed by atoms with Gasteiger partial charge in [-0.2, -0.15) is 0 Å². The Morgan fingerprint density at radius 2 is 2.20 bits per heavy atom. The number of hydrogen-bond donors (Lipinski definition) is 1. The molecule has 1 N–H and O–H groups in total.